The zero-order chi connectivity index (χ0) is 15.5. The Kier molecular flexibility index (Phi) is 3.57. The molecule has 22 heavy (non-hydrogen) atoms. The van der Waals surface area contributed by atoms with Crippen LogP contribution in [0.3, 0.4) is 0 Å². The number of aromatic nitrogens is 2. The average molecular weight is 297 g/mol. The van der Waals surface area contributed by atoms with Gasteiger partial charge in [0, 0.05) is 5.69 Å². The van der Waals surface area contributed by atoms with Crippen molar-refractivity contribution in [1.82, 2.24) is 9.97 Å². The van der Waals surface area contributed by atoms with Crippen molar-refractivity contribution < 1.29 is 9.50 Å². The maximum absolute atomic E-state index is 13.3. The van der Waals surface area contributed by atoms with Crippen LogP contribution in [0.25, 0.3) is 11.1 Å². The highest BCUT2D eigenvalue weighted by atomic mass is 19.1. The molecule has 0 amide bonds. The zero-order valence-electron chi connectivity index (χ0n) is 11.4. The summed E-state index contributed by atoms with van der Waals surface area (Å²) in [4.78, 5) is 18.6. The lowest BCUT2D eigenvalue weighted by Gasteiger charge is -2.08. The highest BCUT2D eigenvalue weighted by molar-refractivity contribution is 5.68. The van der Waals surface area contributed by atoms with Crippen molar-refractivity contribution >= 4 is 11.6 Å². The predicted octanol–water partition coefficient (Wildman–Crippen LogP) is 3.03. The summed E-state index contributed by atoms with van der Waals surface area (Å²) in [6.45, 7) is 0. The van der Waals surface area contributed by atoms with E-state index < -0.39 is 17.3 Å². The van der Waals surface area contributed by atoms with E-state index in [0.717, 1.165) is 6.07 Å². The molecule has 0 spiro atoms. The summed E-state index contributed by atoms with van der Waals surface area (Å²) in [5.74, 6) is -0.857. The Bertz CT molecular complexity index is 863. The molecule has 0 aliphatic carbocycles. The number of hydrogen-bond donors (Lipinski definition) is 3. The molecular formula is C16H12FN3O2. The van der Waals surface area contributed by atoms with Gasteiger partial charge in [0.1, 0.15) is 11.4 Å². The highest BCUT2D eigenvalue weighted by Crippen LogP contribution is 2.25. The molecule has 0 bridgehead atoms. The Morgan fingerprint density at radius 1 is 1.09 bits per heavy atom. The number of rotatable bonds is 3. The normalized spacial score (nSPS) is 10.4. The highest BCUT2D eigenvalue weighted by Gasteiger charge is 2.13. The Morgan fingerprint density at radius 3 is 2.55 bits per heavy atom. The fourth-order valence-corrected chi connectivity index (χ4v) is 2.08. The summed E-state index contributed by atoms with van der Waals surface area (Å²) in [5.41, 5.74) is 0.343. The fourth-order valence-electron chi connectivity index (χ4n) is 2.08. The summed E-state index contributed by atoms with van der Waals surface area (Å²) in [6, 6.07) is 14.5. The number of anilines is 2. The second-order valence-electron chi connectivity index (χ2n) is 4.61. The van der Waals surface area contributed by atoms with Gasteiger partial charge in [-0.3, -0.25) is 9.78 Å². The SMILES string of the molecule is O=c1[nH]c(Nc2ccccc2)nc(O)c1-c1cccc(F)c1. The van der Waals surface area contributed by atoms with Crippen LogP contribution in [-0.4, -0.2) is 15.1 Å². The first-order valence-electron chi connectivity index (χ1n) is 6.55. The lowest BCUT2D eigenvalue weighted by Crippen LogP contribution is -2.13. The number of aromatic amines is 1. The third-order valence-electron chi connectivity index (χ3n) is 3.05. The number of halogens is 1. The summed E-state index contributed by atoms with van der Waals surface area (Å²) in [7, 11) is 0. The molecule has 1 aromatic heterocycles. The van der Waals surface area contributed by atoms with Crippen LogP contribution in [0.2, 0.25) is 0 Å². The quantitative estimate of drug-likeness (QED) is 0.694. The van der Waals surface area contributed by atoms with E-state index in [4.69, 9.17) is 0 Å². The van der Waals surface area contributed by atoms with E-state index in [1.807, 2.05) is 18.2 Å². The van der Waals surface area contributed by atoms with Crippen LogP contribution in [-0.2, 0) is 0 Å². The van der Waals surface area contributed by atoms with Gasteiger partial charge in [-0.15, -0.1) is 0 Å². The van der Waals surface area contributed by atoms with Gasteiger partial charge in [-0.1, -0.05) is 30.3 Å². The first kappa shape index (κ1) is 13.8. The number of nitrogens with zero attached hydrogens (tertiary/aromatic N) is 1. The molecule has 3 N–H and O–H groups in total. The molecule has 0 radical (unpaired) electrons. The number of aromatic hydroxyl groups is 1. The first-order chi connectivity index (χ1) is 10.6. The van der Waals surface area contributed by atoms with Gasteiger partial charge in [0.05, 0.1) is 0 Å². The smallest absolute Gasteiger partial charge is 0.264 e. The summed E-state index contributed by atoms with van der Waals surface area (Å²) >= 11 is 0. The number of hydrogen-bond acceptors (Lipinski definition) is 4. The van der Waals surface area contributed by atoms with Gasteiger partial charge in [-0.05, 0) is 29.8 Å². The lowest BCUT2D eigenvalue weighted by molar-refractivity contribution is 0.454. The molecule has 0 aliphatic heterocycles. The minimum atomic E-state index is -0.559. The third-order valence-corrected chi connectivity index (χ3v) is 3.05. The zero-order valence-corrected chi connectivity index (χ0v) is 11.4. The van der Waals surface area contributed by atoms with Crippen molar-refractivity contribution in [3.8, 4) is 17.0 Å². The molecule has 110 valence electrons. The molecule has 3 rings (SSSR count). The van der Waals surface area contributed by atoms with Gasteiger partial charge in [-0.2, -0.15) is 4.98 Å². The van der Waals surface area contributed by atoms with Crippen molar-refractivity contribution in [2.75, 3.05) is 5.32 Å². The van der Waals surface area contributed by atoms with Gasteiger partial charge >= 0.3 is 0 Å². The number of H-pyrrole nitrogens is 1. The molecule has 0 saturated heterocycles. The Balaban J connectivity index is 2.00. The molecule has 0 saturated carbocycles. The van der Waals surface area contributed by atoms with E-state index in [1.165, 1.54) is 18.2 Å². The van der Waals surface area contributed by atoms with Crippen LogP contribution in [0, 0.1) is 5.82 Å². The maximum atomic E-state index is 13.3. The van der Waals surface area contributed by atoms with Crippen LogP contribution in [0.5, 0.6) is 5.88 Å². The topological polar surface area (TPSA) is 78.0 Å². The number of nitrogens with one attached hydrogen (secondary N) is 2. The van der Waals surface area contributed by atoms with Crippen LogP contribution in [0.1, 0.15) is 0 Å². The Morgan fingerprint density at radius 2 is 1.86 bits per heavy atom. The predicted molar refractivity (Wildman–Crippen MR) is 81.6 cm³/mol. The first-order valence-corrected chi connectivity index (χ1v) is 6.55. The molecule has 0 aliphatic rings. The molecule has 3 aromatic rings. The van der Waals surface area contributed by atoms with Crippen LogP contribution >= 0.6 is 0 Å². The molecule has 5 nitrogen and oxygen atoms in total. The van der Waals surface area contributed by atoms with Crippen LogP contribution in [0.15, 0.2) is 59.4 Å². The van der Waals surface area contributed by atoms with E-state index in [-0.39, 0.29) is 17.1 Å². The Labute approximate surface area is 125 Å². The van der Waals surface area contributed by atoms with Gasteiger partial charge in [-0.25, -0.2) is 4.39 Å². The standard InChI is InChI=1S/C16H12FN3O2/c17-11-6-4-5-10(9-11)13-14(21)19-16(20-15(13)22)18-12-7-2-1-3-8-12/h1-9H,(H3,18,19,20,21,22). The van der Waals surface area contributed by atoms with Crippen molar-refractivity contribution in [3.63, 3.8) is 0 Å². The van der Waals surface area contributed by atoms with Gasteiger partial charge in [0.15, 0.2) is 0 Å². The van der Waals surface area contributed by atoms with E-state index >= 15 is 0 Å². The second-order valence-corrected chi connectivity index (χ2v) is 4.61. The average Bonchev–Trinajstić information content (AvgIpc) is 2.47. The van der Waals surface area contributed by atoms with Gasteiger partial charge < -0.3 is 10.4 Å². The van der Waals surface area contributed by atoms with E-state index in [9.17, 15) is 14.3 Å². The van der Waals surface area contributed by atoms with Gasteiger partial charge in [0.25, 0.3) is 5.56 Å². The second kappa shape index (κ2) is 5.69. The molecule has 0 fully saturated rings. The number of para-hydroxylation sites is 1. The van der Waals surface area contributed by atoms with Crippen molar-refractivity contribution in [2.45, 2.75) is 0 Å². The molecular weight excluding hydrogens is 285 g/mol. The third kappa shape index (κ3) is 2.80. The van der Waals surface area contributed by atoms with Crippen molar-refractivity contribution in [2.24, 2.45) is 0 Å². The summed E-state index contributed by atoms with van der Waals surface area (Å²) < 4.78 is 13.3. The minimum Gasteiger partial charge on any atom is -0.493 e. The van der Waals surface area contributed by atoms with Crippen LogP contribution < -0.4 is 10.9 Å². The van der Waals surface area contributed by atoms with Crippen molar-refractivity contribution in [1.29, 1.82) is 0 Å². The van der Waals surface area contributed by atoms with E-state index in [0.29, 0.717) is 5.69 Å². The summed E-state index contributed by atoms with van der Waals surface area (Å²) in [5, 5.41) is 12.9. The lowest BCUT2D eigenvalue weighted by atomic mass is 10.1. The fraction of sp³-hybridized carbons (Fsp3) is 0. The van der Waals surface area contributed by atoms with E-state index in [2.05, 4.69) is 15.3 Å². The molecule has 6 heteroatoms. The summed E-state index contributed by atoms with van der Waals surface area (Å²) in [6.07, 6.45) is 0. The van der Waals surface area contributed by atoms with Crippen molar-refractivity contribution in [3.05, 3.63) is 70.8 Å². The number of benzene rings is 2. The van der Waals surface area contributed by atoms with Crippen LogP contribution in [0.4, 0.5) is 16.0 Å². The molecule has 2 aromatic carbocycles. The van der Waals surface area contributed by atoms with E-state index in [1.54, 1.807) is 12.1 Å². The largest absolute Gasteiger partial charge is 0.493 e. The molecule has 0 atom stereocenters. The minimum absolute atomic E-state index is 0.0712. The maximum Gasteiger partial charge on any atom is 0.264 e. The molecule has 1 heterocycles. The van der Waals surface area contributed by atoms with Gasteiger partial charge in [0.2, 0.25) is 11.8 Å². The Hall–Kier alpha value is -3.15. The molecule has 0 unspecified atom stereocenters. The monoisotopic (exact) mass is 297 g/mol.